The molecule has 1 aromatic heterocycles. The summed E-state index contributed by atoms with van der Waals surface area (Å²) in [5, 5.41) is 11.7. The summed E-state index contributed by atoms with van der Waals surface area (Å²) in [4.78, 5) is 16.6. The molecule has 0 unspecified atom stereocenters. The van der Waals surface area contributed by atoms with Crippen molar-refractivity contribution in [2.45, 2.75) is 6.92 Å². The standard InChI is InChI=1S/C24H17N3O3/c1-16-14-19(29-18-8-6-17(15-25)7-9-18)10-11-20(16)26-23(28)12-13-24-27-21-4-2-3-5-22(21)30-24/h2-14H,1H3,(H,26,28). The average molecular weight is 395 g/mol. The summed E-state index contributed by atoms with van der Waals surface area (Å²) in [6, 6.07) is 21.7. The van der Waals surface area contributed by atoms with Gasteiger partial charge in [0.2, 0.25) is 11.8 Å². The number of hydrogen-bond donors (Lipinski definition) is 1. The van der Waals surface area contributed by atoms with Gasteiger partial charge in [0.05, 0.1) is 11.6 Å². The smallest absolute Gasteiger partial charge is 0.248 e. The summed E-state index contributed by atoms with van der Waals surface area (Å²) < 4.78 is 11.4. The van der Waals surface area contributed by atoms with Crippen LogP contribution >= 0.6 is 0 Å². The number of rotatable bonds is 5. The molecular formula is C24H17N3O3. The van der Waals surface area contributed by atoms with Gasteiger partial charge in [-0.2, -0.15) is 5.26 Å². The minimum absolute atomic E-state index is 0.291. The molecule has 0 bridgehead atoms. The molecule has 6 heteroatoms. The zero-order valence-electron chi connectivity index (χ0n) is 16.1. The molecule has 0 aliphatic rings. The van der Waals surface area contributed by atoms with Gasteiger partial charge in [-0.05, 0) is 67.1 Å². The number of hydrogen-bond acceptors (Lipinski definition) is 5. The number of fused-ring (bicyclic) bond motifs is 1. The Morgan fingerprint density at radius 3 is 2.60 bits per heavy atom. The molecule has 146 valence electrons. The Kier molecular flexibility index (Phi) is 5.27. The molecule has 0 radical (unpaired) electrons. The van der Waals surface area contributed by atoms with Crippen LogP contribution in [0.25, 0.3) is 17.2 Å². The van der Waals surface area contributed by atoms with Crippen LogP contribution in [0.3, 0.4) is 0 Å². The third-order valence-electron chi connectivity index (χ3n) is 4.36. The van der Waals surface area contributed by atoms with Crippen molar-refractivity contribution in [2.24, 2.45) is 0 Å². The molecule has 0 aliphatic heterocycles. The van der Waals surface area contributed by atoms with Crippen molar-refractivity contribution in [3.05, 3.63) is 89.8 Å². The second-order valence-electron chi connectivity index (χ2n) is 6.56. The molecule has 0 spiro atoms. The van der Waals surface area contributed by atoms with Gasteiger partial charge in [-0.3, -0.25) is 4.79 Å². The summed E-state index contributed by atoms with van der Waals surface area (Å²) in [7, 11) is 0. The first-order chi connectivity index (χ1) is 14.6. The Bertz CT molecular complexity index is 1250. The molecule has 0 saturated heterocycles. The van der Waals surface area contributed by atoms with Gasteiger partial charge in [0, 0.05) is 17.8 Å². The van der Waals surface area contributed by atoms with Crippen LogP contribution in [0.4, 0.5) is 5.69 Å². The van der Waals surface area contributed by atoms with Gasteiger partial charge in [0.1, 0.15) is 17.0 Å². The highest BCUT2D eigenvalue weighted by Gasteiger charge is 2.06. The molecule has 4 rings (SSSR count). The largest absolute Gasteiger partial charge is 0.457 e. The predicted molar refractivity (Wildman–Crippen MR) is 114 cm³/mol. The number of nitrogens with zero attached hydrogens (tertiary/aromatic N) is 2. The lowest BCUT2D eigenvalue weighted by atomic mass is 10.2. The van der Waals surface area contributed by atoms with Gasteiger partial charge in [0.25, 0.3) is 0 Å². The second kappa shape index (κ2) is 8.33. The number of carbonyl (C=O) groups excluding carboxylic acids is 1. The molecule has 0 fully saturated rings. The van der Waals surface area contributed by atoms with Crippen molar-refractivity contribution in [1.82, 2.24) is 4.98 Å². The first-order valence-corrected chi connectivity index (χ1v) is 9.24. The quantitative estimate of drug-likeness (QED) is 0.454. The van der Waals surface area contributed by atoms with Crippen LogP contribution in [-0.4, -0.2) is 10.9 Å². The van der Waals surface area contributed by atoms with E-state index in [2.05, 4.69) is 16.4 Å². The first-order valence-electron chi connectivity index (χ1n) is 9.24. The molecule has 6 nitrogen and oxygen atoms in total. The average Bonchev–Trinajstić information content (AvgIpc) is 3.18. The summed E-state index contributed by atoms with van der Waals surface area (Å²) in [6.45, 7) is 1.88. The van der Waals surface area contributed by atoms with E-state index in [1.165, 1.54) is 12.2 Å². The fourth-order valence-corrected chi connectivity index (χ4v) is 2.86. The first kappa shape index (κ1) is 19.0. The van der Waals surface area contributed by atoms with Gasteiger partial charge in [-0.15, -0.1) is 0 Å². The van der Waals surface area contributed by atoms with Gasteiger partial charge < -0.3 is 14.5 Å². The molecule has 4 aromatic rings. The van der Waals surface area contributed by atoms with Gasteiger partial charge in [-0.25, -0.2) is 4.98 Å². The molecule has 1 heterocycles. The molecule has 1 amide bonds. The summed E-state index contributed by atoms with van der Waals surface area (Å²) in [6.07, 6.45) is 2.92. The highest BCUT2D eigenvalue weighted by molar-refractivity contribution is 6.02. The number of aryl methyl sites for hydroxylation is 1. The Morgan fingerprint density at radius 2 is 1.87 bits per heavy atom. The number of anilines is 1. The minimum atomic E-state index is -0.291. The van der Waals surface area contributed by atoms with E-state index in [9.17, 15) is 4.79 Å². The maximum Gasteiger partial charge on any atom is 0.248 e. The van der Waals surface area contributed by atoms with Crippen LogP contribution in [0.15, 0.2) is 77.2 Å². The van der Waals surface area contributed by atoms with Gasteiger partial charge in [-0.1, -0.05) is 12.1 Å². The van der Waals surface area contributed by atoms with E-state index in [0.29, 0.717) is 34.2 Å². The van der Waals surface area contributed by atoms with Crippen LogP contribution < -0.4 is 10.1 Å². The molecule has 3 aromatic carbocycles. The summed E-state index contributed by atoms with van der Waals surface area (Å²) in [5.74, 6) is 1.35. The summed E-state index contributed by atoms with van der Waals surface area (Å²) in [5.41, 5.74) is 3.51. The van der Waals surface area contributed by atoms with E-state index >= 15 is 0 Å². The Labute approximate surface area is 173 Å². The molecule has 30 heavy (non-hydrogen) atoms. The normalized spacial score (nSPS) is 10.8. The van der Waals surface area contributed by atoms with Crippen LogP contribution in [0.1, 0.15) is 17.0 Å². The molecule has 0 aliphatic carbocycles. The Hall–Kier alpha value is -4.37. The van der Waals surface area contributed by atoms with E-state index in [-0.39, 0.29) is 5.91 Å². The maximum absolute atomic E-state index is 12.3. The second-order valence-corrected chi connectivity index (χ2v) is 6.56. The number of aromatic nitrogens is 1. The lowest BCUT2D eigenvalue weighted by Gasteiger charge is -2.10. The number of amides is 1. The van der Waals surface area contributed by atoms with Crippen molar-refractivity contribution >= 4 is 28.8 Å². The van der Waals surface area contributed by atoms with Crippen molar-refractivity contribution in [3.63, 3.8) is 0 Å². The number of para-hydroxylation sites is 2. The number of benzene rings is 3. The van der Waals surface area contributed by atoms with Crippen molar-refractivity contribution < 1.29 is 13.9 Å². The summed E-state index contributed by atoms with van der Waals surface area (Å²) >= 11 is 0. The Balaban J connectivity index is 1.41. The number of oxazole rings is 1. The van der Waals surface area contributed by atoms with E-state index in [1.807, 2.05) is 37.3 Å². The SMILES string of the molecule is Cc1cc(Oc2ccc(C#N)cc2)ccc1NC(=O)C=Cc1nc2ccccc2o1. The van der Waals surface area contributed by atoms with Gasteiger partial charge in [0.15, 0.2) is 5.58 Å². The van der Waals surface area contributed by atoms with Crippen molar-refractivity contribution in [3.8, 4) is 17.6 Å². The number of nitrogens with one attached hydrogen (secondary N) is 1. The van der Waals surface area contributed by atoms with Crippen LogP contribution in [0.5, 0.6) is 11.5 Å². The molecule has 0 saturated carbocycles. The highest BCUT2D eigenvalue weighted by Crippen LogP contribution is 2.26. The predicted octanol–water partition coefficient (Wildman–Crippen LogP) is 5.45. The molecular weight excluding hydrogens is 378 g/mol. The van der Waals surface area contributed by atoms with E-state index in [1.54, 1.807) is 36.4 Å². The zero-order valence-corrected chi connectivity index (χ0v) is 16.1. The van der Waals surface area contributed by atoms with Gasteiger partial charge >= 0.3 is 0 Å². The molecule has 0 atom stereocenters. The fourth-order valence-electron chi connectivity index (χ4n) is 2.86. The van der Waals surface area contributed by atoms with Crippen LogP contribution in [0.2, 0.25) is 0 Å². The molecule has 1 N–H and O–H groups in total. The van der Waals surface area contributed by atoms with Crippen LogP contribution in [-0.2, 0) is 4.79 Å². The fraction of sp³-hybridized carbons (Fsp3) is 0.0417. The number of carbonyl (C=O) groups is 1. The van der Waals surface area contributed by atoms with E-state index in [0.717, 1.165) is 11.1 Å². The highest BCUT2D eigenvalue weighted by atomic mass is 16.5. The number of nitriles is 1. The minimum Gasteiger partial charge on any atom is -0.457 e. The topological polar surface area (TPSA) is 88.1 Å². The maximum atomic E-state index is 12.3. The van der Waals surface area contributed by atoms with Crippen LogP contribution in [0, 0.1) is 18.3 Å². The zero-order chi connectivity index (χ0) is 20.9. The lowest BCUT2D eigenvalue weighted by Crippen LogP contribution is -2.08. The third kappa shape index (κ3) is 4.37. The third-order valence-corrected chi connectivity index (χ3v) is 4.36. The lowest BCUT2D eigenvalue weighted by molar-refractivity contribution is -0.111. The monoisotopic (exact) mass is 395 g/mol. The Morgan fingerprint density at radius 1 is 1.10 bits per heavy atom. The van der Waals surface area contributed by atoms with E-state index < -0.39 is 0 Å². The van der Waals surface area contributed by atoms with Crippen molar-refractivity contribution in [2.75, 3.05) is 5.32 Å². The van der Waals surface area contributed by atoms with E-state index in [4.69, 9.17) is 14.4 Å². The van der Waals surface area contributed by atoms with Crippen molar-refractivity contribution in [1.29, 1.82) is 5.26 Å². The number of ether oxygens (including phenoxy) is 1.